The Labute approximate surface area is 77.9 Å². The summed E-state index contributed by atoms with van der Waals surface area (Å²) in [5.74, 6) is 0.562. The minimum Gasteiger partial charge on any atom is -0.394 e. The maximum atomic E-state index is 11.1. The number of aliphatic hydroxyl groups excluding tert-OH is 1. The quantitative estimate of drug-likeness (QED) is 0.558. The predicted molar refractivity (Wildman–Crippen MR) is 50.3 cm³/mol. The first-order valence-electron chi connectivity index (χ1n) is 4.25. The minimum atomic E-state index is -0.292. The van der Waals surface area contributed by atoms with Crippen LogP contribution in [0.25, 0.3) is 0 Å². The predicted octanol–water partition coefficient (Wildman–Crippen LogP) is 0.337. The largest absolute Gasteiger partial charge is 0.394 e. The van der Waals surface area contributed by atoms with Crippen LogP contribution in [0.4, 0.5) is 0 Å². The van der Waals surface area contributed by atoms with Gasteiger partial charge in [-0.25, -0.2) is 0 Å². The van der Waals surface area contributed by atoms with Gasteiger partial charge in [-0.05, 0) is 25.0 Å². The van der Waals surface area contributed by atoms with Crippen LogP contribution >= 0.6 is 12.6 Å². The smallest absolute Gasteiger partial charge is 0.221 e. The van der Waals surface area contributed by atoms with Gasteiger partial charge in [0.1, 0.15) is 0 Å². The zero-order valence-electron chi connectivity index (χ0n) is 7.05. The van der Waals surface area contributed by atoms with E-state index in [9.17, 15) is 4.79 Å². The third-order valence-corrected chi connectivity index (χ3v) is 2.58. The Morgan fingerprint density at radius 2 is 2.25 bits per heavy atom. The van der Waals surface area contributed by atoms with Crippen molar-refractivity contribution in [2.75, 3.05) is 12.4 Å². The molecule has 0 atom stereocenters. The first-order chi connectivity index (χ1) is 5.72. The van der Waals surface area contributed by atoms with Crippen LogP contribution in [0.1, 0.15) is 25.7 Å². The van der Waals surface area contributed by atoms with E-state index in [0.717, 1.165) is 19.3 Å². The number of aliphatic hydroxyl groups is 1. The van der Waals surface area contributed by atoms with Gasteiger partial charge < -0.3 is 10.4 Å². The molecule has 1 amide bonds. The van der Waals surface area contributed by atoms with Crippen molar-refractivity contribution in [3.8, 4) is 0 Å². The van der Waals surface area contributed by atoms with E-state index in [0.29, 0.717) is 12.2 Å². The molecule has 12 heavy (non-hydrogen) atoms. The highest BCUT2D eigenvalue weighted by Gasteiger charge is 2.37. The molecule has 0 aromatic carbocycles. The van der Waals surface area contributed by atoms with Gasteiger partial charge in [-0.15, -0.1) is 0 Å². The van der Waals surface area contributed by atoms with Gasteiger partial charge in [0.2, 0.25) is 5.91 Å². The average Bonchev–Trinajstić information content (AvgIpc) is 1.97. The molecule has 1 saturated carbocycles. The van der Waals surface area contributed by atoms with Crippen LogP contribution < -0.4 is 5.32 Å². The number of carbonyl (C=O) groups is 1. The van der Waals surface area contributed by atoms with Crippen molar-refractivity contribution in [3.63, 3.8) is 0 Å². The molecule has 1 aliphatic rings. The molecule has 0 saturated heterocycles. The summed E-state index contributed by atoms with van der Waals surface area (Å²) in [6.07, 6.45) is 3.34. The average molecular weight is 189 g/mol. The van der Waals surface area contributed by atoms with Crippen molar-refractivity contribution in [1.29, 1.82) is 0 Å². The SMILES string of the molecule is O=C(CCS)NC1(CO)CCC1. The molecule has 0 radical (unpaired) electrons. The highest BCUT2D eigenvalue weighted by Crippen LogP contribution is 2.31. The van der Waals surface area contributed by atoms with E-state index < -0.39 is 0 Å². The van der Waals surface area contributed by atoms with Gasteiger partial charge >= 0.3 is 0 Å². The summed E-state index contributed by atoms with van der Waals surface area (Å²) in [5.41, 5.74) is -0.292. The monoisotopic (exact) mass is 189 g/mol. The normalized spacial score (nSPS) is 19.8. The van der Waals surface area contributed by atoms with Gasteiger partial charge in [-0.1, -0.05) is 0 Å². The maximum absolute atomic E-state index is 11.1. The standard InChI is InChI=1S/C8H15NO2S/c10-6-8(3-1-4-8)9-7(11)2-5-12/h10,12H,1-6H2,(H,9,11). The van der Waals surface area contributed by atoms with Crippen LogP contribution in [-0.4, -0.2) is 28.9 Å². The molecule has 2 N–H and O–H groups in total. The van der Waals surface area contributed by atoms with Gasteiger partial charge in [0.25, 0.3) is 0 Å². The molecule has 0 aromatic heterocycles. The summed E-state index contributed by atoms with van der Waals surface area (Å²) in [6, 6.07) is 0. The number of thiol groups is 1. The lowest BCUT2D eigenvalue weighted by Gasteiger charge is -2.40. The lowest BCUT2D eigenvalue weighted by atomic mass is 9.77. The molecular weight excluding hydrogens is 174 g/mol. The molecule has 1 aliphatic carbocycles. The Bertz CT molecular complexity index is 163. The van der Waals surface area contributed by atoms with Crippen molar-refractivity contribution in [1.82, 2.24) is 5.32 Å². The lowest BCUT2D eigenvalue weighted by molar-refractivity contribution is -0.124. The van der Waals surface area contributed by atoms with Crippen LogP contribution in [0.15, 0.2) is 0 Å². The summed E-state index contributed by atoms with van der Waals surface area (Å²) in [7, 11) is 0. The molecule has 1 rings (SSSR count). The first-order valence-corrected chi connectivity index (χ1v) is 4.88. The van der Waals surface area contributed by atoms with E-state index in [1.54, 1.807) is 0 Å². The number of amides is 1. The fourth-order valence-electron chi connectivity index (χ4n) is 1.39. The second kappa shape index (κ2) is 4.14. The summed E-state index contributed by atoms with van der Waals surface area (Å²) in [4.78, 5) is 11.1. The molecule has 0 bridgehead atoms. The van der Waals surface area contributed by atoms with E-state index in [1.807, 2.05) is 0 Å². The third kappa shape index (κ3) is 2.14. The van der Waals surface area contributed by atoms with Crippen molar-refractivity contribution >= 4 is 18.5 Å². The van der Waals surface area contributed by atoms with Gasteiger partial charge in [0.05, 0.1) is 12.1 Å². The zero-order chi connectivity index (χ0) is 9.03. The second-order valence-corrected chi connectivity index (χ2v) is 3.76. The van der Waals surface area contributed by atoms with Crippen molar-refractivity contribution in [2.45, 2.75) is 31.2 Å². The van der Waals surface area contributed by atoms with Crippen LogP contribution in [0.3, 0.4) is 0 Å². The zero-order valence-corrected chi connectivity index (χ0v) is 7.94. The first kappa shape index (κ1) is 9.86. The molecule has 0 unspecified atom stereocenters. The molecule has 0 heterocycles. The number of hydrogen-bond donors (Lipinski definition) is 3. The second-order valence-electron chi connectivity index (χ2n) is 3.31. The van der Waals surface area contributed by atoms with Gasteiger partial charge in [-0.2, -0.15) is 12.6 Å². The topological polar surface area (TPSA) is 49.3 Å². The minimum absolute atomic E-state index is 0.00116. The summed E-state index contributed by atoms with van der Waals surface area (Å²) < 4.78 is 0. The Hall–Kier alpha value is -0.220. The van der Waals surface area contributed by atoms with E-state index in [-0.39, 0.29) is 18.1 Å². The summed E-state index contributed by atoms with van der Waals surface area (Å²) >= 11 is 3.96. The maximum Gasteiger partial charge on any atom is 0.221 e. The molecule has 1 fully saturated rings. The summed E-state index contributed by atoms with van der Waals surface area (Å²) in [6.45, 7) is 0.0608. The molecule has 3 nitrogen and oxygen atoms in total. The van der Waals surface area contributed by atoms with Gasteiger partial charge in [-0.3, -0.25) is 4.79 Å². The third-order valence-electron chi connectivity index (χ3n) is 2.36. The van der Waals surface area contributed by atoms with Crippen molar-refractivity contribution < 1.29 is 9.90 Å². The Kier molecular flexibility index (Phi) is 3.40. The van der Waals surface area contributed by atoms with Crippen LogP contribution in [0.2, 0.25) is 0 Å². The Morgan fingerprint density at radius 3 is 2.58 bits per heavy atom. The Balaban J connectivity index is 2.32. The highest BCUT2D eigenvalue weighted by atomic mass is 32.1. The number of hydrogen-bond acceptors (Lipinski definition) is 3. The van der Waals surface area contributed by atoms with E-state index in [4.69, 9.17) is 5.11 Å². The molecule has 0 aromatic rings. The fourth-order valence-corrected chi connectivity index (χ4v) is 1.59. The van der Waals surface area contributed by atoms with Crippen LogP contribution in [-0.2, 0) is 4.79 Å². The van der Waals surface area contributed by atoms with Gasteiger partial charge in [0.15, 0.2) is 0 Å². The molecule has 70 valence electrons. The number of nitrogens with one attached hydrogen (secondary N) is 1. The summed E-state index contributed by atoms with van der Waals surface area (Å²) in [5, 5.41) is 11.9. The van der Waals surface area contributed by atoms with Crippen LogP contribution in [0, 0.1) is 0 Å². The van der Waals surface area contributed by atoms with Crippen molar-refractivity contribution in [2.24, 2.45) is 0 Å². The van der Waals surface area contributed by atoms with E-state index >= 15 is 0 Å². The van der Waals surface area contributed by atoms with E-state index in [2.05, 4.69) is 17.9 Å². The Morgan fingerprint density at radius 1 is 1.58 bits per heavy atom. The van der Waals surface area contributed by atoms with Gasteiger partial charge in [0, 0.05) is 6.42 Å². The lowest BCUT2D eigenvalue weighted by Crippen LogP contribution is -2.56. The number of carbonyl (C=O) groups excluding carboxylic acids is 1. The fraction of sp³-hybridized carbons (Fsp3) is 0.875. The number of rotatable bonds is 4. The molecule has 4 heteroatoms. The molecule has 0 spiro atoms. The highest BCUT2D eigenvalue weighted by molar-refractivity contribution is 7.80. The molecular formula is C8H15NO2S. The van der Waals surface area contributed by atoms with Crippen molar-refractivity contribution in [3.05, 3.63) is 0 Å². The van der Waals surface area contributed by atoms with E-state index in [1.165, 1.54) is 0 Å². The molecule has 0 aliphatic heterocycles. The van der Waals surface area contributed by atoms with Crippen LogP contribution in [0.5, 0.6) is 0 Å².